The molecule has 3 aromatic carbocycles. The lowest BCUT2D eigenvalue weighted by Gasteiger charge is -2.30. The number of carbonyl (C=O) groups is 2. The number of fused-ring (bicyclic) bond motifs is 3. The van der Waals surface area contributed by atoms with E-state index in [1.165, 1.54) is 11.1 Å². The maximum atomic E-state index is 13.8. The van der Waals surface area contributed by atoms with Gasteiger partial charge in [0, 0.05) is 38.5 Å². The summed E-state index contributed by atoms with van der Waals surface area (Å²) in [5.41, 5.74) is 9.40. The van der Waals surface area contributed by atoms with Crippen LogP contribution in [0.5, 0.6) is 0 Å². The van der Waals surface area contributed by atoms with Crippen LogP contribution in [0.1, 0.15) is 63.0 Å². The van der Waals surface area contributed by atoms with Crippen LogP contribution in [0.4, 0.5) is 0 Å². The lowest BCUT2D eigenvalue weighted by atomic mass is 9.83. The Morgan fingerprint density at radius 1 is 1.05 bits per heavy atom. The number of amides is 1. The highest BCUT2D eigenvalue weighted by molar-refractivity contribution is 6.06. The Morgan fingerprint density at radius 2 is 1.88 bits per heavy atom. The monoisotopic (exact) mass is 536 g/mol. The number of carboxylic acid groups (broad SMARTS) is 1. The van der Waals surface area contributed by atoms with Crippen LogP contribution in [0.2, 0.25) is 0 Å². The summed E-state index contributed by atoms with van der Waals surface area (Å²) in [7, 11) is 3.72. The first-order valence-corrected chi connectivity index (χ1v) is 13.6. The molecule has 1 aliphatic heterocycles. The van der Waals surface area contributed by atoms with E-state index in [-0.39, 0.29) is 18.2 Å². The summed E-state index contributed by atoms with van der Waals surface area (Å²) in [5.74, 6) is -1.23. The van der Waals surface area contributed by atoms with Crippen molar-refractivity contribution in [1.82, 2.24) is 29.7 Å². The van der Waals surface area contributed by atoms with Gasteiger partial charge in [0.2, 0.25) is 0 Å². The Kier molecular flexibility index (Phi) is 6.37. The van der Waals surface area contributed by atoms with Gasteiger partial charge in [-0.15, -0.1) is 5.10 Å². The third-order valence-electron chi connectivity index (χ3n) is 8.37. The molecule has 1 atom stereocenters. The molecule has 6 rings (SSSR count). The van der Waals surface area contributed by atoms with Gasteiger partial charge >= 0.3 is 5.97 Å². The number of nitrogens with zero attached hydrogens (tertiary/aromatic N) is 6. The maximum absolute atomic E-state index is 13.8. The SMILES string of the molecule is CCc1ccc(C(=O)N2CCc3ccc(C(CC(=O)O)c4ccc5c(nnn5C)c4C)cc3C2)c2c1cnn2C. The van der Waals surface area contributed by atoms with Crippen LogP contribution in [0.3, 0.4) is 0 Å². The Hall–Kier alpha value is -4.53. The highest BCUT2D eigenvalue weighted by Crippen LogP contribution is 2.35. The van der Waals surface area contributed by atoms with Gasteiger partial charge in [0.05, 0.1) is 29.2 Å². The van der Waals surface area contributed by atoms with Crippen LogP contribution in [0.25, 0.3) is 21.9 Å². The number of hydrogen-bond donors (Lipinski definition) is 1. The second-order valence-electron chi connectivity index (χ2n) is 10.7. The molecule has 0 saturated heterocycles. The second kappa shape index (κ2) is 9.89. The number of benzene rings is 3. The normalized spacial score (nSPS) is 14.1. The average molecular weight is 537 g/mol. The van der Waals surface area contributed by atoms with Crippen LogP contribution in [0, 0.1) is 6.92 Å². The molecular formula is C31H32N6O3. The predicted octanol–water partition coefficient (Wildman–Crippen LogP) is 4.53. The van der Waals surface area contributed by atoms with Crippen molar-refractivity contribution in [1.29, 1.82) is 0 Å². The molecule has 204 valence electrons. The van der Waals surface area contributed by atoms with E-state index in [9.17, 15) is 14.7 Å². The molecule has 1 N–H and O–H groups in total. The number of rotatable bonds is 6. The zero-order chi connectivity index (χ0) is 28.1. The van der Waals surface area contributed by atoms with Crippen LogP contribution >= 0.6 is 0 Å². The van der Waals surface area contributed by atoms with E-state index in [0.717, 1.165) is 57.0 Å². The second-order valence-corrected chi connectivity index (χ2v) is 10.7. The molecule has 0 radical (unpaired) electrons. The van der Waals surface area contributed by atoms with E-state index in [0.29, 0.717) is 18.7 Å². The molecule has 0 bridgehead atoms. The molecule has 2 aromatic heterocycles. The topological polar surface area (TPSA) is 106 Å². The molecular weight excluding hydrogens is 504 g/mol. The predicted molar refractivity (Wildman–Crippen MR) is 152 cm³/mol. The number of carbonyl (C=O) groups excluding carboxylic acids is 1. The summed E-state index contributed by atoms with van der Waals surface area (Å²) in [6, 6.07) is 14.1. The quantitative estimate of drug-likeness (QED) is 0.342. The van der Waals surface area contributed by atoms with Crippen molar-refractivity contribution in [3.05, 3.63) is 87.6 Å². The van der Waals surface area contributed by atoms with Gasteiger partial charge in [-0.3, -0.25) is 14.3 Å². The lowest BCUT2D eigenvalue weighted by Crippen LogP contribution is -2.36. The Balaban J connectivity index is 1.35. The zero-order valence-corrected chi connectivity index (χ0v) is 23.2. The molecule has 9 nitrogen and oxygen atoms in total. The van der Waals surface area contributed by atoms with Crippen molar-refractivity contribution in [2.24, 2.45) is 14.1 Å². The standard InChI is InChI=1S/C31H32N6O3/c1-5-19-8-9-24(30-26(19)16-32-36(30)4)31(40)37-13-12-20-6-7-21(14-22(20)17-37)25(15-28(38)39)23-10-11-27-29(18(23)2)33-34-35(27)3/h6-11,14,16,25H,5,12-13,15,17H2,1-4H3,(H,38,39). The summed E-state index contributed by atoms with van der Waals surface area (Å²) < 4.78 is 3.50. The van der Waals surface area contributed by atoms with Gasteiger partial charge in [0.1, 0.15) is 5.52 Å². The molecule has 0 aliphatic carbocycles. The van der Waals surface area contributed by atoms with Crippen LogP contribution in [-0.4, -0.2) is 53.2 Å². The number of aryl methyl sites for hydroxylation is 4. The van der Waals surface area contributed by atoms with E-state index in [2.05, 4.69) is 34.5 Å². The molecule has 0 saturated carbocycles. The largest absolute Gasteiger partial charge is 0.481 e. The molecule has 1 unspecified atom stereocenters. The van der Waals surface area contributed by atoms with Gasteiger partial charge in [-0.25, -0.2) is 4.68 Å². The van der Waals surface area contributed by atoms with Gasteiger partial charge < -0.3 is 10.0 Å². The number of carboxylic acids is 1. The van der Waals surface area contributed by atoms with Crippen LogP contribution in [-0.2, 0) is 38.3 Å². The Labute approximate surface area is 232 Å². The minimum absolute atomic E-state index is 0.0154. The number of aromatic nitrogens is 5. The lowest BCUT2D eigenvalue weighted by molar-refractivity contribution is -0.137. The zero-order valence-electron chi connectivity index (χ0n) is 23.2. The summed E-state index contributed by atoms with van der Waals surface area (Å²) >= 11 is 0. The van der Waals surface area contributed by atoms with E-state index < -0.39 is 5.97 Å². The first kappa shape index (κ1) is 25.7. The number of hydrogen-bond acceptors (Lipinski definition) is 5. The fourth-order valence-electron chi connectivity index (χ4n) is 6.17. The van der Waals surface area contributed by atoms with Crippen molar-refractivity contribution in [3.63, 3.8) is 0 Å². The van der Waals surface area contributed by atoms with Gasteiger partial charge in [-0.2, -0.15) is 5.10 Å². The van der Waals surface area contributed by atoms with Crippen molar-refractivity contribution in [2.45, 2.75) is 45.6 Å². The summed E-state index contributed by atoms with van der Waals surface area (Å²) in [4.78, 5) is 27.7. The summed E-state index contributed by atoms with van der Waals surface area (Å²) in [5, 5.41) is 23.7. The van der Waals surface area contributed by atoms with Gasteiger partial charge in [0.15, 0.2) is 0 Å². The smallest absolute Gasteiger partial charge is 0.304 e. The average Bonchev–Trinajstić information content (AvgIpc) is 3.54. The van der Waals surface area contributed by atoms with Gasteiger partial charge in [-0.1, -0.05) is 42.5 Å². The molecule has 1 amide bonds. The van der Waals surface area contributed by atoms with Gasteiger partial charge in [0.25, 0.3) is 5.91 Å². The van der Waals surface area contributed by atoms with Crippen molar-refractivity contribution < 1.29 is 14.7 Å². The van der Waals surface area contributed by atoms with Crippen molar-refractivity contribution >= 4 is 33.8 Å². The molecule has 1 aliphatic rings. The third-order valence-corrected chi connectivity index (χ3v) is 8.37. The minimum Gasteiger partial charge on any atom is -0.481 e. The Morgan fingerprint density at radius 3 is 2.65 bits per heavy atom. The van der Waals surface area contributed by atoms with Crippen LogP contribution < -0.4 is 0 Å². The van der Waals surface area contributed by atoms with E-state index in [1.807, 2.05) is 62.4 Å². The molecule has 40 heavy (non-hydrogen) atoms. The highest BCUT2D eigenvalue weighted by atomic mass is 16.4. The summed E-state index contributed by atoms with van der Waals surface area (Å²) in [6.07, 6.45) is 3.41. The van der Waals surface area contributed by atoms with E-state index >= 15 is 0 Å². The fraction of sp³-hybridized carbons (Fsp3) is 0.323. The first-order valence-electron chi connectivity index (χ1n) is 13.6. The minimum atomic E-state index is -0.867. The fourth-order valence-corrected chi connectivity index (χ4v) is 6.17. The highest BCUT2D eigenvalue weighted by Gasteiger charge is 2.27. The molecule has 3 heterocycles. The van der Waals surface area contributed by atoms with E-state index in [1.54, 1.807) is 9.36 Å². The first-order chi connectivity index (χ1) is 19.3. The number of aliphatic carboxylic acids is 1. The van der Waals surface area contributed by atoms with E-state index in [4.69, 9.17) is 0 Å². The van der Waals surface area contributed by atoms with Crippen molar-refractivity contribution in [2.75, 3.05) is 6.54 Å². The molecule has 9 heteroatoms. The van der Waals surface area contributed by atoms with Gasteiger partial charge in [-0.05, 0) is 65.3 Å². The summed E-state index contributed by atoms with van der Waals surface area (Å²) in [6.45, 7) is 5.18. The molecule has 5 aromatic rings. The maximum Gasteiger partial charge on any atom is 0.304 e. The van der Waals surface area contributed by atoms with Crippen LogP contribution in [0.15, 0.2) is 48.7 Å². The van der Waals surface area contributed by atoms with Crippen molar-refractivity contribution in [3.8, 4) is 0 Å². The third kappa shape index (κ3) is 4.22. The Bertz CT molecular complexity index is 1800. The molecule has 0 fully saturated rings. The molecule has 0 spiro atoms.